The van der Waals surface area contributed by atoms with Gasteiger partial charge in [-0.15, -0.1) is 0 Å². The first-order valence-corrected chi connectivity index (χ1v) is 6.64. The highest BCUT2D eigenvalue weighted by atomic mass is 79.9. The fourth-order valence-corrected chi connectivity index (χ4v) is 1.92. The number of hydrogen-bond acceptors (Lipinski definition) is 3. The van der Waals surface area contributed by atoms with E-state index in [1.165, 1.54) is 0 Å². The number of rotatable bonds is 7. The first-order valence-electron chi connectivity index (χ1n) is 5.84. The molecule has 3 nitrogen and oxygen atoms in total. The van der Waals surface area contributed by atoms with Crippen LogP contribution in [0.25, 0.3) is 0 Å². The smallest absolute Gasteiger partial charge is 0.106 e. The Hall–Kier alpha value is -0.450. The first kappa shape index (κ1) is 14.6. The van der Waals surface area contributed by atoms with E-state index in [0.717, 1.165) is 36.4 Å². The van der Waals surface area contributed by atoms with Gasteiger partial charge in [-0.3, -0.25) is 0 Å². The standard InChI is InChI=1S/C13H21BrN2O/c1-13(2,7-8-17-3)10-15-9-11-5-4-6-12(14)16-11/h4-6,15H,7-10H2,1-3H3. The van der Waals surface area contributed by atoms with Crippen LogP contribution in [0, 0.1) is 5.41 Å². The van der Waals surface area contributed by atoms with Crippen molar-refractivity contribution in [1.82, 2.24) is 10.3 Å². The van der Waals surface area contributed by atoms with Crippen LogP contribution < -0.4 is 5.32 Å². The van der Waals surface area contributed by atoms with Gasteiger partial charge in [0.05, 0.1) is 5.69 Å². The van der Waals surface area contributed by atoms with Gasteiger partial charge in [-0.2, -0.15) is 0 Å². The minimum Gasteiger partial charge on any atom is -0.385 e. The Bertz CT molecular complexity index is 342. The Morgan fingerprint density at radius 3 is 2.82 bits per heavy atom. The zero-order valence-electron chi connectivity index (χ0n) is 10.8. The van der Waals surface area contributed by atoms with Crippen LogP contribution in [0.3, 0.4) is 0 Å². The number of ether oxygens (including phenoxy) is 1. The number of halogens is 1. The van der Waals surface area contributed by atoms with Gasteiger partial charge in [0.1, 0.15) is 4.60 Å². The van der Waals surface area contributed by atoms with Gasteiger partial charge in [0.2, 0.25) is 0 Å². The maximum absolute atomic E-state index is 5.11. The average molecular weight is 301 g/mol. The van der Waals surface area contributed by atoms with E-state index in [4.69, 9.17) is 4.74 Å². The number of nitrogens with one attached hydrogen (secondary N) is 1. The summed E-state index contributed by atoms with van der Waals surface area (Å²) in [5.41, 5.74) is 1.31. The molecule has 1 aromatic rings. The van der Waals surface area contributed by atoms with E-state index >= 15 is 0 Å². The van der Waals surface area contributed by atoms with E-state index in [-0.39, 0.29) is 5.41 Å². The van der Waals surface area contributed by atoms with Crippen LogP contribution in [-0.4, -0.2) is 25.2 Å². The van der Waals surface area contributed by atoms with Crippen molar-refractivity contribution in [2.45, 2.75) is 26.8 Å². The van der Waals surface area contributed by atoms with Gasteiger partial charge < -0.3 is 10.1 Å². The van der Waals surface area contributed by atoms with Crippen molar-refractivity contribution in [2.75, 3.05) is 20.3 Å². The molecule has 4 heteroatoms. The third-order valence-electron chi connectivity index (χ3n) is 2.67. The molecule has 0 radical (unpaired) electrons. The summed E-state index contributed by atoms with van der Waals surface area (Å²) in [4.78, 5) is 4.38. The molecule has 1 heterocycles. The molecule has 0 fully saturated rings. The van der Waals surface area contributed by atoms with Crippen molar-refractivity contribution < 1.29 is 4.74 Å². The highest BCUT2D eigenvalue weighted by molar-refractivity contribution is 9.10. The highest BCUT2D eigenvalue weighted by Gasteiger charge is 2.16. The summed E-state index contributed by atoms with van der Waals surface area (Å²) in [5.74, 6) is 0. The van der Waals surface area contributed by atoms with Crippen LogP contribution in [-0.2, 0) is 11.3 Å². The van der Waals surface area contributed by atoms with Gasteiger partial charge in [0.25, 0.3) is 0 Å². The molecule has 1 rings (SSSR count). The fourth-order valence-electron chi connectivity index (χ4n) is 1.54. The number of nitrogens with zero attached hydrogens (tertiary/aromatic N) is 1. The number of pyridine rings is 1. The van der Waals surface area contributed by atoms with Gasteiger partial charge in [-0.25, -0.2) is 4.98 Å². The molecule has 0 amide bonds. The zero-order valence-corrected chi connectivity index (χ0v) is 12.4. The van der Waals surface area contributed by atoms with E-state index in [9.17, 15) is 0 Å². The van der Waals surface area contributed by atoms with Crippen LogP contribution >= 0.6 is 15.9 Å². The number of methoxy groups -OCH3 is 1. The van der Waals surface area contributed by atoms with Crippen LogP contribution in [0.5, 0.6) is 0 Å². The number of hydrogen-bond donors (Lipinski definition) is 1. The third kappa shape index (κ3) is 6.15. The Kier molecular flexibility index (Phi) is 6.09. The van der Waals surface area contributed by atoms with E-state index in [2.05, 4.69) is 40.1 Å². The lowest BCUT2D eigenvalue weighted by Gasteiger charge is -2.24. The van der Waals surface area contributed by atoms with Gasteiger partial charge in [-0.1, -0.05) is 19.9 Å². The number of aromatic nitrogens is 1. The Balaban J connectivity index is 2.32. The van der Waals surface area contributed by atoms with Crippen molar-refractivity contribution in [3.63, 3.8) is 0 Å². The fraction of sp³-hybridized carbons (Fsp3) is 0.615. The first-order chi connectivity index (χ1) is 8.03. The predicted molar refractivity (Wildman–Crippen MR) is 73.9 cm³/mol. The molecule has 0 spiro atoms. The second-order valence-electron chi connectivity index (χ2n) is 4.96. The molecule has 96 valence electrons. The predicted octanol–water partition coefficient (Wildman–Crippen LogP) is 3.00. The quantitative estimate of drug-likeness (QED) is 0.786. The summed E-state index contributed by atoms with van der Waals surface area (Å²) >= 11 is 3.37. The molecule has 0 aliphatic heterocycles. The largest absolute Gasteiger partial charge is 0.385 e. The van der Waals surface area contributed by atoms with Gasteiger partial charge >= 0.3 is 0 Å². The summed E-state index contributed by atoms with van der Waals surface area (Å²) in [6.45, 7) is 7.06. The van der Waals surface area contributed by atoms with E-state index < -0.39 is 0 Å². The lowest BCUT2D eigenvalue weighted by atomic mass is 9.90. The molecule has 0 aliphatic rings. The van der Waals surface area contributed by atoms with Gasteiger partial charge in [0, 0.05) is 26.8 Å². The molecule has 0 aliphatic carbocycles. The minimum absolute atomic E-state index is 0.252. The van der Waals surface area contributed by atoms with Crippen molar-refractivity contribution in [2.24, 2.45) is 5.41 Å². The Morgan fingerprint density at radius 2 is 2.18 bits per heavy atom. The maximum atomic E-state index is 5.11. The average Bonchev–Trinajstić information content (AvgIpc) is 2.26. The maximum Gasteiger partial charge on any atom is 0.106 e. The minimum atomic E-state index is 0.252. The highest BCUT2D eigenvalue weighted by Crippen LogP contribution is 2.18. The molecule has 0 unspecified atom stereocenters. The van der Waals surface area contributed by atoms with Crippen LogP contribution in [0.15, 0.2) is 22.8 Å². The SMILES string of the molecule is COCCC(C)(C)CNCc1cccc(Br)n1. The summed E-state index contributed by atoms with van der Waals surface area (Å²) in [5, 5.41) is 3.44. The summed E-state index contributed by atoms with van der Waals surface area (Å²) in [6.07, 6.45) is 1.06. The molecular formula is C13H21BrN2O. The summed E-state index contributed by atoms with van der Waals surface area (Å²) in [6, 6.07) is 5.97. The third-order valence-corrected chi connectivity index (χ3v) is 3.11. The van der Waals surface area contributed by atoms with E-state index in [1.54, 1.807) is 7.11 Å². The molecule has 1 N–H and O–H groups in total. The van der Waals surface area contributed by atoms with E-state index in [1.807, 2.05) is 18.2 Å². The topological polar surface area (TPSA) is 34.1 Å². The lowest BCUT2D eigenvalue weighted by Crippen LogP contribution is -2.30. The van der Waals surface area contributed by atoms with Crippen molar-refractivity contribution >= 4 is 15.9 Å². The molecule has 0 bridgehead atoms. The van der Waals surface area contributed by atoms with Crippen LogP contribution in [0.2, 0.25) is 0 Å². The van der Waals surface area contributed by atoms with Crippen molar-refractivity contribution in [3.05, 3.63) is 28.5 Å². The second-order valence-corrected chi connectivity index (χ2v) is 5.77. The molecule has 1 aromatic heterocycles. The Morgan fingerprint density at radius 1 is 1.41 bits per heavy atom. The zero-order chi connectivity index (χ0) is 12.7. The molecule has 0 atom stereocenters. The normalized spacial score (nSPS) is 11.8. The monoisotopic (exact) mass is 300 g/mol. The van der Waals surface area contributed by atoms with Crippen molar-refractivity contribution in [3.8, 4) is 0 Å². The van der Waals surface area contributed by atoms with Crippen LogP contribution in [0.1, 0.15) is 26.0 Å². The van der Waals surface area contributed by atoms with E-state index in [0.29, 0.717) is 0 Å². The Labute approximate surface area is 112 Å². The molecule has 0 saturated heterocycles. The van der Waals surface area contributed by atoms with Gasteiger partial charge in [0.15, 0.2) is 0 Å². The molecular weight excluding hydrogens is 280 g/mol. The lowest BCUT2D eigenvalue weighted by molar-refractivity contribution is 0.150. The van der Waals surface area contributed by atoms with Gasteiger partial charge in [-0.05, 0) is 39.9 Å². The summed E-state index contributed by atoms with van der Waals surface area (Å²) < 4.78 is 6.00. The van der Waals surface area contributed by atoms with Crippen molar-refractivity contribution in [1.29, 1.82) is 0 Å². The second kappa shape index (κ2) is 7.09. The molecule has 17 heavy (non-hydrogen) atoms. The summed E-state index contributed by atoms with van der Waals surface area (Å²) in [7, 11) is 1.74. The molecule has 0 aromatic carbocycles. The molecule has 0 saturated carbocycles. The van der Waals surface area contributed by atoms with Crippen LogP contribution in [0.4, 0.5) is 0 Å².